The van der Waals surface area contributed by atoms with E-state index in [2.05, 4.69) is 0 Å². The van der Waals surface area contributed by atoms with E-state index in [1.54, 1.807) is 18.7 Å². The number of likely N-dealkylation sites (tertiary alicyclic amines) is 1. The predicted molar refractivity (Wildman–Crippen MR) is 92.1 cm³/mol. The van der Waals surface area contributed by atoms with Crippen LogP contribution in [0.15, 0.2) is 42.5 Å². The van der Waals surface area contributed by atoms with Gasteiger partial charge in [-0.2, -0.15) is 0 Å². The maximum atomic E-state index is 13.8. The Bertz CT molecular complexity index is 796. The molecule has 4 nitrogen and oxygen atoms in total. The summed E-state index contributed by atoms with van der Waals surface area (Å²) >= 11 is 0. The number of amides is 1. The Labute approximate surface area is 145 Å². The van der Waals surface area contributed by atoms with Gasteiger partial charge in [-0.15, -0.1) is 0 Å². The average Bonchev–Trinajstić information content (AvgIpc) is 3.05. The number of hydrogen-bond acceptors (Lipinski definition) is 2. The second kappa shape index (κ2) is 6.67. The van der Waals surface area contributed by atoms with Crippen molar-refractivity contribution in [2.45, 2.75) is 19.8 Å². The second-order valence-electron chi connectivity index (χ2n) is 6.60. The van der Waals surface area contributed by atoms with Crippen molar-refractivity contribution in [1.29, 1.82) is 0 Å². The molecule has 5 heteroatoms. The smallest absolute Gasteiger partial charge is 0.308 e. The number of aliphatic carboxylic acids is 1. The van der Waals surface area contributed by atoms with Crippen LogP contribution in [0.3, 0.4) is 0 Å². The van der Waals surface area contributed by atoms with Gasteiger partial charge in [0.25, 0.3) is 5.91 Å². The second-order valence-corrected chi connectivity index (χ2v) is 6.60. The quantitative estimate of drug-likeness (QED) is 0.931. The Morgan fingerprint density at radius 3 is 2.24 bits per heavy atom. The molecular formula is C20H20FNO3. The van der Waals surface area contributed by atoms with E-state index in [1.165, 1.54) is 12.1 Å². The van der Waals surface area contributed by atoms with E-state index in [4.69, 9.17) is 0 Å². The minimum absolute atomic E-state index is 0.156. The zero-order valence-corrected chi connectivity index (χ0v) is 14.2. The summed E-state index contributed by atoms with van der Waals surface area (Å²) in [5, 5.41) is 9.55. The zero-order valence-electron chi connectivity index (χ0n) is 14.2. The molecule has 1 saturated heterocycles. The Morgan fingerprint density at radius 1 is 1.08 bits per heavy atom. The van der Waals surface area contributed by atoms with E-state index in [-0.39, 0.29) is 24.2 Å². The van der Waals surface area contributed by atoms with Crippen molar-refractivity contribution in [1.82, 2.24) is 4.90 Å². The van der Waals surface area contributed by atoms with E-state index >= 15 is 0 Å². The van der Waals surface area contributed by atoms with Crippen LogP contribution in [0.25, 0.3) is 0 Å². The van der Waals surface area contributed by atoms with E-state index < -0.39 is 11.9 Å². The van der Waals surface area contributed by atoms with Gasteiger partial charge in [0, 0.05) is 24.6 Å². The van der Waals surface area contributed by atoms with Gasteiger partial charge in [-0.1, -0.05) is 30.3 Å². The number of rotatable bonds is 3. The summed E-state index contributed by atoms with van der Waals surface area (Å²) in [6.45, 7) is 3.74. The maximum Gasteiger partial charge on any atom is 0.308 e. The molecule has 0 radical (unpaired) electrons. The lowest BCUT2D eigenvalue weighted by molar-refractivity contribution is -0.141. The minimum Gasteiger partial charge on any atom is -0.481 e. The van der Waals surface area contributed by atoms with Crippen molar-refractivity contribution in [2.24, 2.45) is 5.92 Å². The van der Waals surface area contributed by atoms with E-state index in [9.17, 15) is 19.1 Å². The van der Waals surface area contributed by atoms with Crippen LogP contribution in [0, 0.1) is 25.6 Å². The number of carboxylic acids is 1. The van der Waals surface area contributed by atoms with Gasteiger partial charge >= 0.3 is 5.97 Å². The summed E-state index contributed by atoms with van der Waals surface area (Å²) in [5.74, 6) is -2.37. The number of carboxylic acid groups (broad SMARTS) is 1. The summed E-state index contributed by atoms with van der Waals surface area (Å²) in [5.41, 5.74) is 2.14. The Morgan fingerprint density at radius 2 is 1.68 bits per heavy atom. The SMILES string of the molecule is Cc1cc(C(=O)N2C[C@H](C(=O)O)[C@H](c3ccccc3)C2)cc(C)c1F. The van der Waals surface area contributed by atoms with Crippen LogP contribution in [0.1, 0.15) is 33.0 Å². The van der Waals surface area contributed by atoms with E-state index in [0.29, 0.717) is 23.2 Å². The van der Waals surface area contributed by atoms with Crippen molar-refractivity contribution in [3.8, 4) is 0 Å². The van der Waals surface area contributed by atoms with Crippen LogP contribution in [0.5, 0.6) is 0 Å². The highest BCUT2D eigenvalue weighted by Gasteiger charge is 2.40. The van der Waals surface area contributed by atoms with Crippen molar-refractivity contribution in [3.05, 3.63) is 70.5 Å². The Hall–Kier alpha value is -2.69. The lowest BCUT2D eigenvalue weighted by Crippen LogP contribution is -2.30. The molecule has 0 aromatic heterocycles. The number of hydrogen-bond donors (Lipinski definition) is 1. The number of carbonyl (C=O) groups is 2. The van der Waals surface area contributed by atoms with Gasteiger partial charge in [-0.05, 0) is 42.7 Å². The lowest BCUT2D eigenvalue weighted by Gasteiger charge is -2.17. The lowest BCUT2D eigenvalue weighted by atomic mass is 9.89. The van der Waals surface area contributed by atoms with Gasteiger partial charge in [-0.3, -0.25) is 9.59 Å². The fraction of sp³-hybridized carbons (Fsp3) is 0.300. The first kappa shape index (κ1) is 17.1. The molecule has 1 N–H and O–H groups in total. The van der Waals surface area contributed by atoms with Crippen molar-refractivity contribution in [3.63, 3.8) is 0 Å². The van der Waals surface area contributed by atoms with Gasteiger partial charge in [0.1, 0.15) is 5.82 Å². The molecule has 0 bridgehead atoms. The minimum atomic E-state index is -0.907. The summed E-state index contributed by atoms with van der Waals surface area (Å²) in [4.78, 5) is 26.0. The van der Waals surface area contributed by atoms with Gasteiger partial charge in [0.05, 0.1) is 5.92 Å². The first-order chi connectivity index (χ1) is 11.9. The molecule has 2 aromatic carbocycles. The Balaban J connectivity index is 1.89. The number of benzene rings is 2. The van der Waals surface area contributed by atoms with E-state index in [0.717, 1.165) is 5.56 Å². The molecule has 3 rings (SSSR count). The normalized spacial score (nSPS) is 19.9. The monoisotopic (exact) mass is 341 g/mol. The topological polar surface area (TPSA) is 57.6 Å². The van der Waals surface area contributed by atoms with Crippen LogP contribution in [0.2, 0.25) is 0 Å². The predicted octanol–water partition coefficient (Wildman–Crippen LogP) is 3.38. The highest BCUT2D eigenvalue weighted by atomic mass is 19.1. The largest absolute Gasteiger partial charge is 0.481 e. The third-order valence-corrected chi connectivity index (χ3v) is 4.84. The molecule has 2 aromatic rings. The van der Waals surface area contributed by atoms with Gasteiger partial charge in [-0.25, -0.2) is 4.39 Å². The molecule has 1 amide bonds. The maximum absolute atomic E-state index is 13.8. The molecule has 1 heterocycles. The van der Waals surface area contributed by atoms with Crippen LogP contribution < -0.4 is 0 Å². The van der Waals surface area contributed by atoms with Crippen LogP contribution >= 0.6 is 0 Å². The van der Waals surface area contributed by atoms with Crippen LogP contribution in [-0.2, 0) is 4.79 Å². The highest BCUT2D eigenvalue weighted by Crippen LogP contribution is 2.33. The molecule has 1 aliphatic heterocycles. The molecule has 1 aliphatic rings. The molecule has 0 unspecified atom stereocenters. The third kappa shape index (κ3) is 3.27. The fourth-order valence-electron chi connectivity index (χ4n) is 3.51. The molecular weight excluding hydrogens is 321 g/mol. The molecule has 0 spiro atoms. The van der Waals surface area contributed by atoms with Crippen LogP contribution in [0.4, 0.5) is 4.39 Å². The van der Waals surface area contributed by atoms with Gasteiger partial charge in [0.15, 0.2) is 0 Å². The average molecular weight is 341 g/mol. The molecule has 25 heavy (non-hydrogen) atoms. The van der Waals surface area contributed by atoms with Crippen molar-refractivity contribution >= 4 is 11.9 Å². The third-order valence-electron chi connectivity index (χ3n) is 4.84. The highest BCUT2D eigenvalue weighted by molar-refractivity contribution is 5.95. The van der Waals surface area contributed by atoms with Gasteiger partial charge in [0.2, 0.25) is 0 Å². The summed E-state index contributed by atoms with van der Waals surface area (Å²) in [7, 11) is 0. The standard InChI is InChI=1S/C20H20FNO3/c1-12-8-15(9-13(2)18(12)21)19(23)22-10-16(17(11-22)20(24)25)14-6-4-3-5-7-14/h3-9,16-17H,10-11H2,1-2H3,(H,24,25)/t16-,17-/m0/s1. The van der Waals surface area contributed by atoms with Crippen LogP contribution in [-0.4, -0.2) is 35.0 Å². The summed E-state index contributed by atoms with van der Waals surface area (Å²) in [6.07, 6.45) is 0. The Kier molecular flexibility index (Phi) is 4.57. The first-order valence-corrected chi connectivity index (χ1v) is 8.22. The number of aryl methyl sites for hydroxylation is 2. The summed E-state index contributed by atoms with van der Waals surface area (Å²) < 4.78 is 13.8. The fourth-order valence-corrected chi connectivity index (χ4v) is 3.51. The zero-order chi connectivity index (χ0) is 18.1. The molecule has 2 atom stereocenters. The van der Waals surface area contributed by atoms with Crippen molar-refractivity contribution < 1.29 is 19.1 Å². The van der Waals surface area contributed by atoms with E-state index in [1.807, 2.05) is 30.3 Å². The molecule has 0 aliphatic carbocycles. The molecule has 130 valence electrons. The number of halogens is 1. The number of carbonyl (C=O) groups excluding carboxylic acids is 1. The first-order valence-electron chi connectivity index (χ1n) is 8.22. The van der Waals surface area contributed by atoms with Gasteiger partial charge < -0.3 is 10.0 Å². The number of nitrogens with zero attached hydrogens (tertiary/aromatic N) is 1. The summed E-state index contributed by atoms with van der Waals surface area (Å²) in [6, 6.07) is 12.4. The molecule has 1 fully saturated rings. The van der Waals surface area contributed by atoms with Crippen molar-refractivity contribution in [2.75, 3.05) is 13.1 Å². The molecule has 0 saturated carbocycles.